The molecule has 1 amide bonds. The summed E-state index contributed by atoms with van der Waals surface area (Å²) in [7, 11) is 0. The van der Waals surface area contributed by atoms with E-state index >= 15 is 0 Å². The van der Waals surface area contributed by atoms with Gasteiger partial charge in [0.1, 0.15) is 0 Å². The van der Waals surface area contributed by atoms with Crippen LogP contribution in [0.5, 0.6) is 0 Å². The minimum absolute atomic E-state index is 0.0812. The van der Waals surface area contributed by atoms with Gasteiger partial charge in [0.05, 0.1) is 11.4 Å². The number of aromatic nitrogens is 1. The van der Waals surface area contributed by atoms with Crippen LogP contribution in [0.25, 0.3) is 11.3 Å². The van der Waals surface area contributed by atoms with Crippen molar-refractivity contribution in [3.05, 3.63) is 35.2 Å². The number of thioether (sulfide) groups is 1. The lowest BCUT2D eigenvalue weighted by molar-refractivity contribution is -0.118. The summed E-state index contributed by atoms with van der Waals surface area (Å²) < 4.78 is 0.939. The lowest BCUT2D eigenvalue weighted by atomic mass is 10.1. The molecule has 0 spiro atoms. The topological polar surface area (TPSA) is 42.0 Å². The normalized spacial score (nSPS) is 10.9. The van der Waals surface area contributed by atoms with Crippen LogP contribution in [0.4, 0.5) is 0 Å². The van der Waals surface area contributed by atoms with Gasteiger partial charge in [-0.15, -0.1) is 11.3 Å². The average Bonchev–Trinajstić information content (AvgIpc) is 2.94. The number of nitrogens with one attached hydrogen (secondary N) is 1. The minimum Gasteiger partial charge on any atom is -0.355 e. The Hall–Kier alpha value is -1.33. The maximum atomic E-state index is 11.8. The molecule has 0 unspecified atom stereocenters. The molecular weight excluding hydrogens is 312 g/mol. The number of rotatable bonds is 7. The Labute approximate surface area is 140 Å². The summed E-state index contributed by atoms with van der Waals surface area (Å²) in [6, 6.07) is 8.34. The van der Waals surface area contributed by atoms with E-state index in [2.05, 4.69) is 55.3 Å². The second-order valence-corrected chi connectivity index (χ2v) is 7.77. The van der Waals surface area contributed by atoms with Crippen LogP contribution in [-0.4, -0.2) is 23.2 Å². The van der Waals surface area contributed by atoms with Crippen LogP contribution in [-0.2, 0) is 4.79 Å². The van der Waals surface area contributed by atoms with Gasteiger partial charge in [-0.2, -0.15) is 0 Å². The van der Waals surface area contributed by atoms with Gasteiger partial charge in [-0.05, 0) is 19.3 Å². The number of carbonyl (C=O) groups is 1. The first-order valence-corrected chi connectivity index (χ1v) is 9.33. The molecule has 1 aromatic carbocycles. The molecule has 0 saturated carbocycles. The average molecular weight is 335 g/mol. The molecule has 2 aromatic rings. The monoisotopic (exact) mass is 334 g/mol. The highest BCUT2D eigenvalue weighted by atomic mass is 32.2. The molecule has 2 rings (SSSR count). The van der Waals surface area contributed by atoms with E-state index in [4.69, 9.17) is 0 Å². The summed E-state index contributed by atoms with van der Waals surface area (Å²) in [5, 5.41) is 4.99. The van der Waals surface area contributed by atoms with Crippen molar-refractivity contribution in [2.24, 2.45) is 5.92 Å². The van der Waals surface area contributed by atoms with Crippen LogP contribution in [0.2, 0.25) is 0 Å². The largest absolute Gasteiger partial charge is 0.355 e. The number of benzene rings is 1. The highest BCUT2D eigenvalue weighted by Gasteiger charge is 2.08. The number of amides is 1. The lowest BCUT2D eigenvalue weighted by Gasteiger charge is -2.06. The van der Waals surface area contributed by atoms with Crippen molar-refractivity contribution in [3.63, 3.8) is 0 Å². The van der Waals surface area contributed by atoms with Crippen LogP contribution in [0, 0.1) is 12.8 Å². The molecule has 118 valence electrons. The summed E-state index contributed by atoms with van der Waals surface area (Å²) in [5.74, 6) is 1.13. The maximum Gasteiger partial charge on any atom is 0.230 e. The molecule has 1 aromatic heterocycles. The van der Waals surface area contributed by atoms with Gasteiger partial charge < -0.3 is 5.32 Å². The highest BCUT2D eigenvalue weighted by Crippen LogP contribution is 2.28. The Balaban J connectivity index is 1.82. The SMILES string of the molecule is Cc1ccc(-c2csc(SCC(=O)NCCC(C)C)n2)cc1. The van der Waals surface area contributed by atoms with Crippen molar-refractivity contribution in [2.45, 2.75) is 31.5 Å². The smallest absolute Gasteiger partial charge is 0.230 e. The predicted molar refractivity (Wildman–Crippen MR) is 95.5 cm³/mol. The first kappa shape index (κ1) is 17.0. The quantitative estimate of drug-likeness (QED) is 0.764. The second-order valence-electron chi connectivity index (χ2n) is 5.69. The van der Waals surface area contributed by atoms with E-state index in [-0.39, 0.29) is 5.91 Å². The molecule has 22 heavy (non-hydrogen) atoms. The summed E-state index contributed by atoms with van der Waals surface area (Å²) in [6.07, 6.45) is 1.02. The van der Waals surface area contributed by atoms with Gasteiger partial charge in [0.15, 0.2) is 4.34 Å². The Morgan fingerprint density at radius 1 is 1.32 bits per heavy atom. The van der Waals surface area contributed by atoms with Gasteiger partial charge in [0.2, 0.25) is 5.91 Å². The fraction of sp³-hybridized carbons (Fsp3) is 0.412. The number of aryl methyl sites for hydroxylation is 1. The molecule has 0 atom stereocenters. The van der Waals surface area contributed by atoms with E-state index < -0.39 is 0 Å². The van der Waals surface area contributed by atoms with Crippen molar-refractivity contribution in [3.8, 4) is 11.3 Å². The molecule has 0 aliphatic heterocycles. The van der Waals surface area contributed by atoms with E-state index in [0.717, 1.165) is 28.6 Å². The number of hydrogen-bond acceptors (Lipinski definition) is 4. The zero-order valence-corrected chi connectivity index (χ0v) is 14.9. The third-order valence-electron chi connectivity index (χ3n) is 3.20. The van der Waals surface area contributed by atoms with E-state index in [1.54, 1.807) is 11.3 Å². The van der Waals surface area contributed by atoms with Crippen LogP contribution < -0.4 is 5.32 Å². The van der Waals surface area contributed by atoms with Crippen LogP contribution >= 0.6 is 23.1 Å². The predicted octanol–water partition coefficient (Wildman–Crippen LogP) is 4.37. The summed E-state index contributed by atoms with van der Waals surface area (Å²) >= 11 is 3.09. The summed E-state index contributed by atoms with van der Waals surface area (Å²) in [6.45, 7) is 7.14. The summed E-state index contributed by atoms with van der Waals surface area (Å²) in [5.41, 5.74) is 3.34. The molecule has 1 heterocycles. The zero-order chi connectivity index (χ0) is 15.9. The second kappa shape index (κ2) is 8.34. The van der Waals surface area contributed by atoms with E-state index in [1.165, 1.54) is 17.3 Å². The van der Waals surface area contributed by atoms with Crippen LogP contribution in [0.3, 0.4) is 0 Å². The standard InChI is InChI=1S/C17H22N2OS2/c1-12(2)8-9-18-16(20)11-22-17-19-15(10-21-17)14-6-4-13(3)5-7-14/h4-7,10,12H,8-9,11H2,1-3H3,(H,18,20). The fourth-order valence-electron chi connectivity index (χ4n) is 1.86. The first-order chi connectivity index (χ1) is 10.5. The molecule has 3 nitrogen and oxygen atoms in total. The van der Waals surface area contributed by atoms with Crippen LogP contribution in [0.15, 0.2) is 34.0 Å². The van der Waals surface area contributed by atoms with Crippen molar-refractivity contribution in [1.29, 1.82) is 0 Å². The summed E-state index contributed by atoms with van der Waals surface area (Å²) in [4.78, 5) is 16.3. The molecule has 0 aliphatic rings. The third kappa shape index (κ3) is 5.46. The molecule has 1 N–H and O–H groups in total. The number of hydrogen-bond donors (Lipinski definition) is 1. The Bertz CT molecular complexity index is 605. The number of nitrogens with zero attached hydrogens (tertiary/aromatic N) is 1. The van der Waals surface area contributed by atoms with Gasteiger partial charge in [-0.25, -0.2) is 4.98 Å². The van der Waals surface area contributed by atoms with E-state index in [9.17, 15) is 4.79 Å². The number of thiazole rings is 1. The van der Waals surface area contributed by atoms with Gasteiger partial charge in [-0.1, -0.05) is 55.4 Å². The first-order valence-electron chi connectivity index (χ1n) is 7.46. The number of carbonyl (C=O) groups excluding carboxylic acids is 1. The van der Waals surface area contributed by atoms with E-state index in [1.807, 2.05) is 5.38 Å². The van der Waals surface area contributed by atoms with Gasteiger partial charge in [-0.3, -0.25) is 4.79 Å². The lowest BCUT2D eigenvalue weighted by Crippen LogP contribution is -2.26. The maximum absolute atomic E-state index is 11.8. The fourth-order valence-corrected chi connectivity index (χ4v) is 3.52. The molecule has 0 radical (unpaired) electrons. The van der Waals surface area contributed by atoms with Gasteiger partial charge >= 0.3 is 0 Å². The molecule has 0 aliphatic carbocycles. The third-order valence-corrected chi connectivity index (χ3v) is 5.22. The van der Waals surface area contributed by atoms with Crippen molar-refractivity contribution in [2.75, 3.05) is 12.3 Å². The van der Waals surface area contributed by atoms with Gasteiger partial charge in [0, 0.05) is 17.5 Å². The Morgan fingerprint density at radius 3 is 2.73 bits per heavy atom. The molecule has 0 saturated heterocycles. The molecule has 0 bridgehead atoms. The van der Waals surface area contributed by atoms with Crippen molar-refractivity contribution < 1.29 is 4.79 Å². The molecular formula is C17H22N2OS2. The van der Waals surface area contributed by atoms with Crippen LogP contribution in [0.1, 0.15) is 25.8 Å². The Morgan fingerprint density at radius 2 is 2.05 bits per heavy atom. The molecule has 0 fully saturated rings. The Kier molecular flexibility index (Phi) is 6.46. The minimum atomic E-state index is 0.0812. The zero-order valence-electron chi connectivity index (χ0n) is 13.3. The molecule has 5 heteroatoms. The van der Waals surface area contributed by atoms with Crippen molar-refractivity contribution in [1.82, 2.24) is 10.3 Å². The van der Waals surface area contributed by atoms with Crippen molar-refractivity contribution >= 4 is 29.0 Å². The van der Waals surface area contributed by atoms with Gasteiger partial charge in [0.25, 0.3) is 0 Å². The highest BCUT2D eigenvalue weighted by molar-refractivity contribution is 8.01. The van der Waals surface area contributed by atoms with E-state index in [0.29, 0.717) is 11.7 Å².